The van der Waals surface area contributed by atoms with E-state index in [1.165, 1.54) is 296 Å². The van der Waals surface area contributed by atoms with E-state index >= 15 is 0 Å². The van der Waals surface area contributed by atoms with Crippen molar-refractivity contribution in [2.75, 3.05) is 268 Å². The van der Waals surface area contributed by atoms with Crippen LogP contribution in [0.3, 0.4) is 0 Å². The molecule has 8 rings (SSSR count). The summed E-state index contributed by atoms with van der Waals surface area (Å²) in [5.74, 6) is 0. The summed E-state index contributed by atoms with van der Waals surface area (Å²) in [6, 6.07) is 0. The summed E-state index contributed by atoms with van der Waals surface area (Å²) in [6.07, 6.45) is 22.2. The van der Waals surface area contributed by atoms with Crippen LogP contribution in [0.25, 0.3) is 0 Å². The molecule has 0 radical (unpaired) electrons. The van der Waals surface area contributed by atoms with Crippen LogP contribution in [0.5, 0.6) is 0 Å². The van der Waals surface area contributed by atoms with E-state index in [0.717, 1.165) is 53.8 Å². The number of rotatable bonds is 24. The average Bonchev–Trinajstić information content (AvgIpc) is 2.49. The van der Waals surface area contributed by atoms with Gasteiger partial charge in [0.05, 0.1) is 157 Å². The van der Waals surface area contributed by atoms with Crippen LogP contribution in [0.1, 0.15) is 158 Å². The zero-order chi connectivity index (χ0) is 73.9. The van der Waals surface area contributed by atoms with Gasteiger partial charge in [0.25, 0.3) is 0 Å². The molecule has 0 N–H and O–H groups in total. The molecule has 8 saturated heterocycles. The predicted molar refractivity (Wildman–Crippen MR) is 361 cm³/mol. The Bertz CT molecular complexity index is 1320. The van der Waals surface area contributed by atoms with Crippen molar-refractivity contribution in [3.05, 3.63) is 0 Å². The molecule has 8 fully saturated rings. The van der Waals surface area contributed by atoms with Crippen LogP contribution in [0.2, 0.25) is 0 Å². The van der Waals surface area contributed by atoms with Crippen LogP contribution in [0.15, 0.2) is 0 Å². The minimum atomic E-state index is -3.17. The highest BCUT2D eigenvalue weighted by Crippen LogP contribution is 2.24. The quantitative estimate of drug-likeness (QED) is 0.0721. The minimum absolute atomic E-state index is 0.913. The van der Waals surface area contributed by atoms with Gasteiger partial charge in [0.1, 0.15) is 29.6 Å². The van der Waals surface area contributed by atoms with Crippen LogP contribution in [0.4, 0.5) is 17.3 Å². The summed E-state index contributed by atoms with van der Waals surface area (Å²) in [5.41, 5.74) is 0. The van der Waals surface area contributed by atoms with Gasteiger partial charge in [-0.3, -0.25) is 0 Å². The highest BCUT2D eigenvalue weighted by Gasteiger charge is 2.35. The molecule has 0 aromatic carbocycles. The Morgan fingerprint density at radius 2 is 0.260 bits per heavy atom. The molecule has 0 aromatic heterocycles. The van der Waals surface area contributed by atoms with Crippen LogP contribution >= 0.6 is 0 Å². The van der Waals surface area contributed by atoms with Gasteiger partial charge in [0.2, 0.25) is 0 Å². The highest BCUT2D eigenvalue weighted by molar-refractivity contribution is 6.27. The number of nitrogens with zero attached hydrogens (tertiary/aromatic N) is 8. The second kappa shape index (κ2) is 61.5. The zero-order valence-electron chi connectivity index (χ0n) is 63.9. The second-order valence-corrected chi connectivity index (χ2v) is 26.9. The van der Waals surface area contributed by atoms with Crippen molar-refractivity contribution >= 4 is 29.6 Å². The first-order valence-corrected chi connectivity index (χ1v) is 36.1. The maximum Gasteiger partial charge on any atom is 0.182 e. The number of halogens is 4. The van der Waals surface area contributed by atoms with Crippen LogP contribution in [-0.2, 0) is 37.9 Å². The summed E-state index contributed by atoms with van der Waals surface area (Å²) in [6.45, 7) is 56.4. The molecule has 0 atom stereocenters. The van der Waals surface area contributed by atoms with Crippen molar-refractivity contribution in [2.24, 2.45) is 0 Å². The summed E-state index contributed by atoms with van der Waals surface area (Å²) < 4.78 is 90.6. The molecule has 0 spiro atoms. The first-order chi connectivity index (χ1) is 45.6. The summed E-state index contributed by atoms with van der Waals surface area (Å²) in [7, 11) is 1.73. The third-order valence-electron chi connectivity index (χ3n) is 20.7. The topological polar surface area (TPSA) is 258 Å². The van der Waals surface area contributed by atoms with Crippen molar-refractivity contribution in [1.29, 1.82) is 0 Å². The van der Waals surface area contributed by atoms with Crippen LogP contribution in [0, 0.1) is 0 Å². The van der Waals surface area contributed by atoms with E-state index in [1.54, 1.807) is 56.9 Å². The lowest BCUT2D eigenvalue weighted by Gasteiger charge is -2.31. The van der Waals surface area contributed by atoms with Crippen molar-refractivity contribution in [3.63, 3.8) is 0 Å². The van der Waals surface area contributed by atoms with Gasteiger partial charge in [-0.25, -0.2) is 0 Å². The Labute approximate surface area is 584 Å². The monoisotopic (exact) mass is 1400 g/mol. The molecular formula is C64H144B4F4N8O16. The molecule has 8 heterocycles. The standard InChI is InChI=1S/8C8H18NO.4BFO2/c8*1-3-9(8-10-2)6-4-5-7-9;4*2-1(3)4/h8*3-8H2,1-2H3;;;;/q8*+1;4*-2. The molecule has 0 aliphatic carbocycles. The van der Waals surface area contributed by atoms with E-state index in [0.29, 0.717) is 0 Å². The third kappa shape index (κ3) is 48.8. The fourth-order valence-electron chi connectivity index (χ4n) is 14.5. The minimum Gasteiger partial charge on any atom is -0.867 e. The molecule has 0 saturated carbocycles. The number of ether oxygens (including phenoxy) is 8. The molecule has 0 aromatic rings. The largest absolute Gasteiger partial charge is 0.867 e. The Kier molecular flexibility index (Phi) is 64.9. The number of hydrogen-bond donors (Lipinski definition) is 0. The van der Waals surface area contributed by atoms with Gasteiger partial charge in [-0.15, -0.1) is 0 Å². The molecule has 32 heteroatoms. The molecule has 96 heavy (non-hydrogen) atoms. The van der Waals surface area contributed by atoms with E-state index in [1.807, 2.05) is 0 Å². The highest BCUT2D eigenvalue weighted by atomic mass is 19.1. The molecule has 24 nitrogen and oxygen atoms in total. The molecule has 576 valence electrons. The van der Waals surface area contributed by atoms with E-state index in [4.69, 9.17) is 78.1 Å². The van der Waals surface area contributed by atoms with Crippen molar-refractivity contribution in [1.82, 2.24) is 0 Å². The van der Waals surface area contributed by atoms with E-state index in [-0.39, 0.29) is 0 Å². The maximum atomic E-state index is 9.89. The lowest BCUT2D eigenvalue weighted by atomic mass is 10.3. The third-order valence-corrected chi connectivity index (χ3v) is 20.7. The lowest BCUT2D eigenvalue weighted by Crippen LogP contribution is -2.46. The smallest absolute Gasteiger partial charge is 0.182 e. The summed E-state index contributed by atoms with van der Waals surface area (Å²) in [5, 5.41) is 66.4. The van der Waals surface area contributed by atoms with Gasteiger partial charge in [0.15, 0.2) is 53.8 Å². The van der Waals surface area contributed by atoms with E-state index < -0.39 is 29.6 Å². The fourth-order valence-corrected chi connectivity index (χ4v) is 14.5. The van der Waals surface area contributed by atoms with Gasteiger partial charge in [-0.05, 0) is 55.4 Å². The SMILES string of the molecule is CC[N+]1(COC)CCCC1.CC[N+]1(COC)CCCC1.CC[N+]1(COC)CCCC1.CC[N+]1(COC)CCCC1.CC[N+]1(COC)CCCC1.CC[N+]1(COC)CCCC1.CC[N+]1(COC)CCCC1.CC[N+]1(COC)CCCC1.[O-]B([O-])F.[O-]B([O-])F.[O-]B([O-])F.[O-]B([O-])F. The molecular weight excluding hydrogens is 1260 g/mol. The van der Waals surface area contributed by atoms with Gasteiger partial charge in [0, 0.05) is 160 Å². The Hall–Kier alpha value is -0.980. The molecule has 0 bridgehead atoms. The number of hydrogen-bond acceptors (Lipinski definition) is 16. The predicted octanol–water partition coefficient (Wildman–Crippen LogP) is 0.412. The van der Waals surface area contributed by atoms with Gasteiger partial charge in [-0.1, -0.05) is 0 Å². The Morgan fingerprint density at radius 3 is 0.302 bits per heavy atom. The van der Waals surface area contributed by atoms with E-state index in [2.05, 4.69) is 55.4 Å². The Morgan fingerprint density at radius 1 is 0.198 bits per heavy atom. The molecule has 0 amide bonds. The van der Waals surface area contributed by atoms with Crippen molar-refractivity contribution < 1.29 is 131 Å². The van der Waals surface area contributed by atoms with Gasteiger partial charge >= 0.3 is 0 Å². The first kappa shape index (κ1) is 101. The average molecular weight is 1400 g/mol. The van der Waals surface area contributed by atoms with E-state index in [9.17, 15) is 17.3 Å². The molecule has 8 aliphatic heterocycles. The molecule has 0 unspecified atom stereocenters. The number of likely N-dealkylation sites (tertiary alicyclic amines) is 8. The summed E-state index contributed by atoms with van der Waals surface area (Å²) >= 11 is 0. The van der Waals surface area contributed by atoms with Crippen molar-refractivity contribution in [3.8, 4) is 0 Å². The first-order valence-electron chi connectivity index (χ1n) is 36.1. The lowest BCUT2D eigenvalue weighted by molar-refractivity contribution is -0.932. The maximum absolute atomic E-state index is 9.89. The Balaban J connectivity index is -0.000000488. The van der Waals surface area contributed by atoms with Gasteiger partial charge < -0.3 is 131 Å². The summed E-state index contributed by atoms with van der Waals surface area (Å²) in [4.78, 5) is 0. The zero-order valence-corrected chi connectivity index (χ0v) is 63.9. The van der Waals surface area contributed by atoms with Crippen molar-refractivity contribution in [2.45, 2.75) is 158 Å². The van der Waals surface area contributed by atoms with Crippen LogP contribution < -0.4 is 40.2 Å². The van der Waals surface area contributed by atoms with Crippen LogP contribution in [-0.4, -0.2) is 333 Å². The fraction of sp³-hybridized carbons (Fsp3) is 1.00. The number of quaternary nitrogens is 8. The number of methoxy groups -OCH3 is 8. The molecule has 8 aliphatic rings. The van der Waals surface area contributed by atoms with Gasteiger partial charge in [-0.2, -0.15) is 0 Å². The second-order valence-electron chi connectivity index (χ2n) is 26.9. The normalized spacial score (nSPS) is 20.6.